The van der Waals surface area contributed by atoms with Gasteiger partial charge >= 0.3 is 0 Å². The molecule has 1 heterocycles. The maximum absolute atomic E-state index is 10.8. The fourth-order valence-corrected chi connectivity index (χ4v) is 5.51. The zero-order valence-corrected chi connectivity index (χ0v) is 20.4. The fraction of sp³-hybridized carbons (Fsp3) is 0.500. The summed E-state index contributed by atoms with van der Waals surface area (Å²) in [5, 5.41) is 21.3. The van der Waals surface area contributed by atoms with Crippen LogP contribution in [0.3, 0.4) is 0 Å². The zero-order valence-electron chi connectivity index (χ0n) is 19.6. The highest BCUT2D eigenvalue weighted by Gasteiger charge is 2.47. The van der Waals surface area contributed by atoms with Crippen molar-refractivity contribution in [3.63, 3.8) is 0 Å². The Morgan fingerprint density at radius 3 is 2.82 bits per heavy atom. The van der Waals surface area contributed by atoms with Crippen LogP contribution in [0.5, 0.6) is 5.75 Å². The number of hydrogen-bond donors (Lipinski definition) is 2. The van der Waals surface area contributed by atoms with Crippen molar-refractivity contribution in [1.82, 2.24) is 0 Å². The highest BCUT2D eigenvalue weighted by atomic mass is 35.5. The van der Waals surface area contributed by atoms with Gasteiger partial charge in [-0.15, -0.1) is 6.58 Å². The summed E-state index contributed by atoms with van der Waals surface area (Å²) in [6.07, 6.45) is 7.33. The lowest BCUT2D eigenvalue weighted by Gasteiger charge is -2.52. The molecule has 1 fully saturated rings. The monoisotopic (exact) mass is 469 g/mol. The van der Waals surface area contributed by atoms with Crippen LogP contribution in [0.2, 0.25) is 5.02 Å². The van der Waals surface area contributed by atoms with Crippen molar-refractivity contribution in [2.24, 2.45) is 11.3 Å². The molecule has 0 unspecified atom stereocenters. The predicted molar refractivity (Wildman–Crippen MR) is 135 cm³/mol. The molecule has 0 spiro atoms. The normalized spacial score (nSPS) is 23.9. The molecule has 1 saturated carbocycles. The number of fused-ring (bicyclic) bond motifs is 2. The van der Waals surface area contributed by atoms with Gasteiger partial charge in [-0.05, 0) is 90.8 Å². The third-order valence-electron chi connectivity index (χ3n) is 7.78. The van der Waals surface area contributed by atoms with E-state index in [4.69, 9.17) is 16.3 Å². The van der Waals surface area contributed by atoms with Crippen LogP contribution in [0.15, 0.2) is 49.1 Å². The van der Waals surface area contributed by atoms with Crippen molar-refractivity contribution in [2.75, 3.05) is 18.0 Å². The number of aliphatic hydroxyl groups excluding tert-OH is 2. The Labute approximate surface area is 202 Å². The minimum atomic E-state index is -0.364. The Hall–Kier alpha value is -2.01. The third-order valence-corrected chi connectivity index (χ3v) is 8.01. The predicted octanol–water partition coefficient (Wildman–Crippen LogP) is 5.91. The minimum absolute atomic E-state index is 0.00163. The quantitative estimate of drug-likeness (QED) is 0.516. The van der Waals surface area contributed by atoms with Crippen molar-refractivity contribution >= 4 is 17.3 Å². The van der Waals surface area contributed by atoms with Crippen LogP contribution in [0.25, 0.3) is 0 Å². The topological polar surface area (TPSA) is 52.9 Å². The molecule has 0 saturated heterocycles. The number of nitrogens with zero attached hydrogens (tertiary/aromatic N) is 1. The summed E-state index contributed by atoms with van der Waals surface area (Å²) >= 11 is 6.27. The van der Waals surface area contributed by atoms with Gasteiger partial charge in [0.15, 0.2) is 0 Å². The van der Waals surface area contributed by atoms with E-state index in [1.807, 2.05) is 24.3 Å². The maximum atomic E-state index is 10.8. The average molecular weight is 470 g/mol. The van der Waals surface area contributed by atoms with E-state index in [1.165, 1.54) is 11.1 Å². The van der Waals surface area contributed by atoms with E-state index in [9.17, 15) is 10.2 Å². The Morgan fingerprint density at radius 1 is 1.24 bits per heavy atom. The zero-order chi connectivity index (χ0) is 23.4. The van der Waals surface area contributed by atoms with Crippen LogP contribution in [0.1, 0.15) is 55.7 Å². The van der Waals surface area contributed by atoms with Gasteiger partial charge in [0.2, 0.25) is 0 Å². The van der Waals surface area contributed by atoms with Gasteiger partial charge in [-0.1, -0.05) is 36.7 Å². The molecule has 1 aliphatic heterocycles. The van der Waals surface area contributed by atoms with E-state index in [1.54, 1.807) is 0 Å². The van der Waals surface area contributed by atoms with Crippen molar-refractivity contribution in [3.05, 3.63) is 70.8 Å². The first-order valence-electron chi connectivity index (χ1n) is 12.1. The molecule has 4 nitrogen and oxygen atoms in total. The number of hydrogen-bond acceptors (Lipinski definition) is 4. The Morgan fingerprint density at radius 2 is 2.09 bits per heavy atom. The summed E-state index contributed by atoms with van der Waals surface area (Å²) in [5.41, 5.74) is 4.25. The average Bonchev–Trinajstić information content (AvgIpc) is 2.84. The molecular formula is C28H36ClNO3. The molecule has 0 amide bonds. The van der Waals surface area contributed by atoms with E-state index in [-0.39, 0.29) is 18.1 Å². The Bertz CT molecular complexity index is 978. The van der Waals surface area contributed by atoms with Gasteiger partial charge in [0.05, 0.1) is 18.4 Å². The lowest BCUT2D eigenvalue weighted by atomic mass is 9.57. The highest BCUT2D eigenvalue weighted by Crippen LogP contribution is 2.51. The summed E-state index contributed by atoms with van der Waals surface area (Å²) in [6, 6.07) is 12.0. The van der Waals surface area contributed by atoms with Crippen LogP contribution >= 0.6 is 11.6 Å². The van der Waals surface area contributed by atoms with Gasteiger partial charge in [0.1, 0.15) is 12.4 Å². The molecule has 178 valence electrons. The Kier molecular flexibility index (Phi) is 7.68. The number of anilines is 1. The maximum Gasteiger partial charge on any atom is 0.143 e. The molecule has 0 aromatic heterocycles. The second-order valence-electron chi connectivity index (χ2n) is 9.85. The van der Waals surface area contributed by atoms with Gasteiger partial charge < -0.3 is 19.8 Å². The second kappa shape index (κ2) is 10.5. The standard InChI is InChI=1S/C28H36ClNO3/c1-3-6-27(32)28(2)13-12-23(28)17-30-14-5-4-7-21-16-24(29)10-9-22(21)19-33-26-11-8-20(18-31)15-25(26)30/h3,8-11,15-16,23,27,31-32H,1,4-7,12-14,17-19H2,2H3/t23-,27+,28-/m0/s1. The fourth-order valence-electron chi connectivity index (χ4n) is 5.32. The van der Waals surface area contributed by atoms with Crippen LogP contribution in [-0.2, 0) is 19.6 Å². The molecular weight excluding hydrogens is 434 g/mol. The number of aryl methyl sites for hydroxylation is 1. The largest absolute Gasteiger partial charge is 0.487 e. The molecule has 0 bridgehead atoms. The molecule has 33 heavy (non-hydrogen) atoms. The molecule has 5 heteroatoms. The van der Waals surface area contributed by atoms with E-state index >= 15 is 0 Å². The SMILES string of the molecule is C=CC[C@@H](O)[C@@]1(C)CC[C@H]1CN1CCCCc2cc(Cl)ccc2COc2ccc(CO)cc21. The van der Waals surface area contributed by atoms with E-state index in [0.717, 1.165) is 67.2 Å². The van der Waals surface area contributed by atoms with Crippen molar-refractivity contribution in [3.8, 4) is 5.75 Å². The highest BCUT2D eigenvalue weighted by molar-refractivity contribution is 6.30. The minimum Gasteiger partial charge on any atom is -0.487 e. The van der Waals surface area contributed by atoms with Gasteiger partial charge in [0, 0.05) is 18.1 Å². The van der Waals surface area contributed by atoms with Gasteiger partial charge in [-0.25, -0.2) is 0 Å². The van der Waals surface area contributed by atoms with Gasteiger partial charge in [-0.3, -0.25) is 0 Å². The van der Waals surface area contributed by atoms with Gasteiger partial charge in [0.25, 0.3) is 0 Å². The van der Waals surface area contributed by atoms with Crippen LogP contribution in [-0.4, -0.2) is 29.4 Å². The van der Waals surface area contributed by atoms with E-state index in [0.29, 0.717) is 18.9 Å². The summed E-state index contributed by atoms with van der Waals surface area (Å²) < 4.78 is 6.36. The van der Waals surface area contributed by atoms with Crippen LogP contribution in [0.4, 0.5) is 5.69 Å². The second-order valence-corrected chi connectivity index (χ2v) is 10.3. The number of halogens is 1. The van der Waals surface area contributed by atoms with Crippen molar-refractivity contribution in [2.45, 2.75) is 64.8 Å². The summed E-state index contributed by atoms with van der Waals surface area (Å²) in [5.74, 6) is 1.24. The molecule has 3 atom stereocenters. The van der Waals surface area contributed by atoms with E-state index in [2.05, 4.69) is 36.6 Å². The molecule has 4 rings (SSSR count). The molecule has 2 N–H and O–H groups in total. The molecule has 2 aromatic carbocycles. The van der Waals surface area contributed by atoms with Gasteiger partial charge in [-0.2, -0.15) is 0 Å². The lowest BCUT2D eigenvalue weighted by Crippen LogP contribution is -2.51. The lowest BCUT2D eigenvalue weighted by molar-refractivity contribution is -0.0693. The smallest absolute Gasteiger partial charge is 0.143 e. The van der Waals surface area contributed by atoms with E-state index < -0.39 is 0 Å². The molecule has 1 aliphatic carbocycles. The number of aliphatic hydroxyl groups is 2. The summed E-state index contributed by atoms with van der Waals surface area (Å²) in [7, 11) is 0. The molecule has 2 aromatic rings. The van der Waals surface area contributed by atoms with Crippen LogP contribution < -0.4 is 9.64 Å². The summed E-state index contributed by atoms with van der Waals surface area (Å²) in [4.78, 5) is 2.42. The number of ether oxygens (including phenoxy) is 1. The molecule has 0 radical (unpaired) electrons. The Balaban J connectivity index is 1.62. The van der Waals surface area contributed by atoms with Crippen LogP contribution in [0, 0.1) is 11.3 Å². The van der Waals surface area contributed by atoms with Crippen molar-refractivity contribution < 1.29 is 14.9 Å². The first-order chi connectivity index (χ1) is 15.9. The van der Waals surface area contributed by atoms with Crippen molar-refractivity contribution in [1.29, 1.82) is 0 Å². The third kappa shape index (κ3) is 5.24. The molecule has 2 aliphatic rings. The number of rotatable bonds is 6. The number of benzene rings is 2. The first-order valence-corrected chi connectivity index (χ1v) is 12.5. The summed E-state index contributed by atoms with van der Waals surface area (Å²) in [6.45, 7) is 8.30. The first kappa shape index (κ1) is 24.1.